The Morgan fingerprint density at radius 1 is 1.33 bits per heavy atom. The summed E-state index contributed by atoms with van der Waals surface area (Å²) in [5.74, 6) is 1.23. The summed E-state index contributed by atoms with van der Waals surface area (Å²) in [5.41, 5.74) is 0.783. The molecule has 1 aliphatic heterocycles. The molecule has 2 aromatic rings. The van der Waals surface area contributed by atoms with Crippen molar-refractivity contribution >= 4 is 11.6 Å². The molecule has 1 fully saturated rings. The molecule has 5 nitrogen and oxygen atoms in total. The van der Waals surface area contributed by atoms with Gasteiger partial charge in [-0.2, -0.15) is 4.98 Å². The highest BCUT2D eigenvalue weighted by atomic mass is 35.5. The van der Waals surface area contributed by atoms with Gasteiger partial charge in [0.25, 0.3) is 0 Å². The molecule has 2 heterocycles. The lowest BCUT2D eigenvalue weighted by molar-refractivity contribution is 0.184. The van der Waals surface area contributed by atoms with Crippen LogP contribution in [0.4, 0.5) is 0 Å². The maximum absolute atomic E-state index is 6.17. The molecule has 2 unspecified atom stereocenters. The summed E-state index contributed by atoms with van der Waals surface area (Å²) in [6, 6.07) is 7.71. The Hall–Kier alpha value is -1.43. The summed E-state index contributed by atoms with van der Waals surface area (Å²) in [4.78, 5) is 4.50. The fourth-order valence-corrected chi connectivity index (χ4v) is 2.69. The van der Waals surface area contributed by atoms with Crippen molar-refractivity contribution < 1.29 is 9.26 Å². The maximum atomic E-state index is 6.17. The van der Waals surface area contributed by atoms with Crippen LogP contribution in [0.5, 0.6) is 0 Å². The quantitative estimate of drug-likeness (QED) is 0.920. The number of benzene rings is 1. The normalized spacial score (nSPS) is 21.8. The van der Waals surface area contributed by atoms with Gasteiger partial charge in [-0.1, -0.05) is 35.8 Å². The Kier molecular flexibility index (Phi) is 4.53. The van der Waals surface area contributed by atoms with Gasteiger partial charge in [-0.25, -0.2) is 0 Å². The molecule has 1 aliphatic rings. The highest BCUT2D eigenvalue weighted by Gasteiger charge is 2.33. The van der Waals surface area contributed by atoms with E-state index in [1.807, 2.05) is 24.3 Å². The zero-order valence-electron chi connectivity index (χ0n) is 11.9. The van der Waals surface area contributed by atoms with Crippen LogP contribution in [0.3, 0.4) is 0 Å². The van der Waals surface area contributed by atoms with Gasteiger partial charge >= 0.3 is 0 Å². The topological polar surface area (TPSA) is 60.2 Å². The molecule has 1 aromatic carbocycles. The molecule has 0 aliphatic carbocycles. The highest BCUT2D eigenvalue weighted by Crippen LogP contribution is 2.29. The first kappa shape index (κ1) is 14.5. The second-order valence-electron chi connectivity index (χ2n) is 5.14. The number of halogens is 1. The van der Waals surface area contributed by atoms with Crippen molar-refractivity contribution in [2.75, 3.05) is 19.8 Å². The SMILES string of the molecule is CCCNC1COCC1c1nc(-c2ccccc2Cl)no1. The zero-order valence-corrected chi connectivity index (χ0v) is 12.6. The molecule has 2 atom stereocenters. The standard InChI is InChI=1S/C15H18ClN3O2/c1-2-7-17-13-9-20-8-11(13)15-18-14(19-21-15)10-5-3-4-6-12(10)16/h3-6,11,13,17H,2,7-9H2,1H3. The lowest BCUT2D eigenvalue weighted by atomic mass is 10.0. The van der Waals surface area contributed by atoms with E-state index in [0.717, 1.165) is 18.5 Å². The summed E-state index contributed by atoms with van der Waals surface area (Å²) in [5, 5.41) is 8.13. The number of rotatable bonds is 5. The summed E-state index contributed by atoms with van der Waals surface area (Å²) < 4.78 is 11.0. The summed E-state index contributed by atoms with van der Waals surface area (Å²) in [6.45, 7) is 4.37. The minimum Gasteiger partial charge on any atom is -0.379 e. The third kappa shape index (κ3) is 3.10. The van der Waals surface area contributed by atoms with Gasteiger partial charge in [0.15, 0.2) is 0 Å². The molecule has 6 heteroatoms. The van der Waals surface area contributed by atoms with Crippen LogP contribution in [0, 0.1) is 0 Å². The van der Waals surface area contributed by atoms with Crippen molar-refractivity contribution in [3.8, 4) is 11.4 Å². The van der Waals surface area contributed by atoms with Gasteiger partial charge in [-0.15, -0.1) is 0 Å². The molecule has 1 saturated heterocycles. The molecule has 0 amide bonds. The van der Waals surface area contributed by atoms with Crippen LogP contribution < -0.4 is 5.32 Å². The van der Waals surface area contributed by atoms with Gasteiger partial charge in [0.1, 0.15) is 0 Å². The molecule has 0 spiro atoms. The summed E-state index contributed by atoms with van der Waals surface area (Å²) in [6.07, 6.45) is 1.08. The van der Waals surface area contributed by atoms with Crippen molar-refractivity contribution in [2.45, 2.75) is 25.3 Å². The van der Waals surface area contributed by atoms with Crippen LogP contribution in [-0.2, 0) is 4.74 Å². The van der Waals surface area contributed by atoms with E-state index in [1.54, 1.807) is 0 Å². The van der Waals surface area contributed by atoms with Crippen LogP contribution in [0.2, 0.25) is 5.02 Å². The molecule has 0 bridgehead atoms. The van der Waals surface area contributed by atoms with Gasteiger partial charge in [0.2, 0.25) is 11.7 Å². The molecular formula is C15H18ClN3O2. The lowest BCUT2D eigenvalue weighted by Crippen LogP contribution is -2.34. The third-order valence-electron chi connectivity index (χ3n) is 3.61. The average Bonchev–Trinajstić information content (AvgIpc) is 3.14. The predicted molar refractivity (Wildman–Crippen MR) is 80.4 cm³/mol. The van der Waals surface area contributed by atoms with Crippen molar-refractivity contribution in [1.82, 2.24) is 15.5 Å². The van der Waals surface area contributed by atoms with Gasteiger partial charge in [-0.3, -0.25) is 0 Å². The van der Waals surface area contributed by atoms with Gasteiger partial charge < -0.3 is 14.6 Å². The molecule has 1 aromatic heterocycles. The van der Waals surface area contributed by atoms with Crippen LogP contribution in [0.25, 0.3) is 11.4 Å². The Bertz CT molecular complexity index is 602. The molecule has 1 N–H and O–H groups in total. The van der Waals surface area contributed by atoms with Crippen molar-refractivity contribution in [1.29, 1.82) is 0 Å². The predicted octanol–water partition coefficient (Wildman–Crippen LogP) is 2.87. The minimum absolute atomic E-state index is 0.0975. The zero-order chi connectivity index (χ0) is 14.7. The fourth-order valence-electron chi connectivity index (χ4n) is 2.47. The first-order chi connectivity index (χ1) is 10.3. The van der Waals surface area contributed by atoms with E-state index in [2.05, 4.69) is 22.4 Å². The molecule has 0 saturated carbocycles. The Morgan fingerprint density at radius 2 is 2.19 bits per heavy atom. The average molecular weight is 308 g/mol. The number of ether oxygens (including phenoxy) is 1. The Labute approximate surface area is 128 Å². The number of hydrogen-bond acceptors (Lipinski definition) is 5. The van der Waals surface area contributed by atoms with E-state index in [4.69, 9.17) is 20.9 Å². The molecular weight excluding hydrogens is 290 g/mol. The smallest absolute Gasteiger partial charge is 0.234 e. The van der Waals surface area contributed by atoms with Gasteiger partial charge in [0, 0.05) is 11.6 Å². The number of hydrogen-bond donors (Lipinski definition) is 1. The number of nitrogens with zero attached hydrogens (tertiary/aromatic N) is 2. The minimum atomic E-state index is 0.0975. The molecule has 21 heavy (non-hydrogen) atoms. The first-order valence-corrected chi connectivity index (χ1v) is 7.57. The third-order valence-corrected chi connectivity index (χ3v) is 3.94. The van der Waals surface area contributed by atoms with Crippen molar-refractivity contribution in [2.24, 2.45) is 0 Å². The van der Waals surface area contributed by atoms with Crippen LogP contribution in [0.1, 0.15) is 25.2 Å². The van der Waals surface area contributed by atoms with Crippen LogP contribution >= 0.6 is 11.6 Å². The highest BCUT2D eigenvalue weighted by molar-refractivity contribution is 6.33. The van der Waals surface area contributed by atoms with Crippen molar-refractivity contribution in [3.63, 3.8) is 0 Å². The molecule has 112 valence electrons. The number of nitrogens with one attached hydrogen (secondary N) is 1. The second kappa shape index (κ2) is 6.56. The summed E-state index contributed by atoms with van der Waals surface area (Å²) in [7, 11) is 0. The van der Waals surface area contributed by atoms with E-state index in [-0.39, 0.29) is 12.0 Å². The molecule has 3 rings (SSSR count). The largest absolute Gasteiger partial charge is 0.379 e. The lowest BCUT2D eigenvalue weighted by Gasteiger charge is -2.14. The van der Waals surface area contributed by atoms with Gasteiger partial charge in [0.05, 0.1) is 24.2 Å². The van der Waals surface area contributed by atoms with E-state index in [9.17, 15) is 0 Å². The second-order valence-corrected chi connectivity index (χ2v) is 5.55. The monoisotopic (exact) mass is 307 g/mol. The van der Waals surface area contributed by atoms with E-state index >= 15 is 0 Å². The number of aromatic nitrogens is 2. The van der Waals surface area contributed by atoms with E-state index < -0.39 is 0 Å². The van der Waals surface area contributed by atoms with Gasteiger partial charge in [-0.05, 0) is 25.1 Å². The fraction of sp³-hybridized carbons (Fsp3) is 0.467. The van der Waals surface area contributed by atoms with Crippen LogP contribution in [-0.4, -0.2) is 35.9 Å². The van der Waals surface area contributed by atoms with E-state index in [0.29, 0.717) is 30.0 Å². The Balaban J connectivity index is 1.80. The van der Waals surface area contributed by atoms with E-state index in [1.165, 1.54) is 0 Å². The molecule has 0 radical (unpaired) electrons. The van der Waals surface area contributed by atoms with Crippen LogP contribution in [0.15, 0.2) is 28.8 Å². The maximum Gasteiger partial charge on any atom is 0.234 e. The van der Waals surface area contributed by atoms with Crippen molar-refractivity contribution in [3.05, 3.63) is 35.2 Å². The first-order valence-electron chi connectivity index (χ1n) is 7.19. The summed E-state index contributed by atoms with van der Waals surface area (Å²) >= 11 is 6.17. The Morgan fingerprint density at radius 3 is 3.00 bits per heavy atom.